The summed E-state index contributed by atoms with van der Waals surface area (Å²) in [6.07, 6.45) is 5.60. The zero-order valence-electron chi connectivity index (χ0n) is 16.0. The summed E-state index contributed by atoms with van der Waals surface area (Å²) in [5, 5.41) is 20.1. The third-order valence-corrected chi connectivity index (χ3v) is 5.27. The molecular formula is C22H20Cl2O5. The number of hydrogen-bond donors (Lipinski definition) is 2. The first-order valence-corrected chi connectivity index (χ1v) is 9.68. The number of Topliss-reactive ketones (excluding diaryl/α,β-unsaturated/α-hetero) is 1. The van der Waals surface area contributed by atoms with E-state index in [0.717, 1.165) is 6.42 Å². The highest BCUT2D eigenvalue weighted by Crippen LogP contribution is 2.38. The molecule has 2 aromatic carbocycles. The topological polar surface area (TPSA) is 76.0 Å². The van der Waals surface area contributed by atoms with Gasteiger partial charge in [-0.3, -0.25) is 4.79 Å². The van der Waals surface area contributed by atoms with Crippen molar-refractivity contribution < 1.29 is 24.5 Å². The molecule has 29 heavy (non-hydrogen) atoms. The molecule has 152 valence electrons. The largest absolute Gasteiger partial charge is 0.503 e. The van der Waals surface area contributed by atoms with E-state index in [2.05, 4.69) is 0 Å². The molecule has 0 spiro atoms. The van der Waals surface area contributed by atoms with Crippen LogP contribution in [0.2, 0.25) is 10.0 Å². The van der Waals surface area contributed by atoms with Gasteiger partial charge in [-0.15, -0.1) is 0 Å². The van der Waals surface area contributed by atoms with Crippen LogP contribution in [0.1, 0.15) is 30.4 Å². The van der Waals surface area contributed by atoms with Gasteiger partial charge in [0.05, 0.1) is 24.3 Å². The summed E-state index contributed by atoms with van der Waals surface area (Å²) in [4.78, 5) is 13.0. The van der Waals surface area contributed by atoms with Crippen LogP contribution in [-0.2, 0) is 4.79 Å². The maximum Gasteiger partial charge on any atom is 0.185 e. The van der Waals surface area contributed by atoms with E-state index < -0.39 is 0 Å². The Morgan fingerprint density at radius 1 is 0.828 bits per heavy atom. The van der Waals surface area contributed by atoms with E-state index in [1.165, 1.54) is 14.2 Å². The van der Waals surface area contributed by atoms with Gasteiger partial charge in [0.25, 0.3) is 0 Å². The highest BCUT2D eigenvalue weighted by Gasteiger charge is 2.21. The summed E-state index contributed by atoms with van der Waals surface area (Å²) >= 11 is 12.1. The van der Waals surface area contributed by atoms with Crippen molar-refractivity contribution in [2.45, 2.75) is 19.3 Å². The summed E-state index contributed by atoms with van der Waals surface area (Å²) in [7, 11) is 2.87. The fraction of sp³-hybridized carbons (Fsp3) is 0.227. The lowest BCUT2D eigenvalue weighted by atomic mass is 9.87. The van der Waals surface area contributed by atoms with Crippen molar-refractivity contribution in [3.8, 4) is 23.0 Å². The van der Waals surface area contributed by atoms with E-state index in [1.54, 1.807) is 36.4 Å². The van der Waals surface area contributed by atoms with Gasteiger partial charge in [-0.25, -0.2) is 0 Å². The van der Waals surface area contributed by atoms with Crippen molar-refractivity contribution in [3.63, 3.8) is 0 Å². The maximum absolute atomic E-state index is 13.0. The fourth-order valence-electron chi connectivity index (χ4n) is 3.25. The monoisotopic (exact) mass is 434 g/mol. The number of phenolic OH excluding ortho intramolecular Hbond substituents is 2. The van der Waals surface area contributed by atoms with Crippen LogP contribution in [0.4, 0.5) is 0 Å². The van der Waals surface area contributed by atoms with Crippen molar-refractivity contribution in [2.24, 2.45) is 0 Å². The number of hydrogen-bond acceptors (Lipinski definition) is 5. The SMILES string of the molecule is COc1cc(/C=C2\CCC/C(=C\c3cc(Cl)c(O)c(OC)c3)C2=O)cc(Cl)c1O. The summed E-state index contributed by atoms with van der Waals surface area (Å²) < 4.78 is 10.2. The quantitative estimate of drug-likeness (QED) is 0.608. The van der Waals surface area contributed by atoms with E-state index >= 15 is 0 Å². The van der Waals surface area contributed by atoms with E-state index in [0.29, 0.717) is 35.1 Å². The molecule has 1 saturated carbocycles. The molecule has 0 saturated heterocycles. The molecule has 1 aliphatic carbocycles. The summed E-state index contributed by atoms with van der Waals surface area (Å²) in [5.41, 5.74) is 2.62. The predicted octanol–water partition coefficient (Wildman–Crippen LogP) is 5.64. The van der Waals surface area contributed by atoms with Gasteiger partial charge in [0.2, 0.25) is 0 Å². The minimum Gasteiger partial charge on any atom is -0.503 e. The number of carbonyl (C=O) groups is 1. The molecule has 0 bridgehead atoms. The Balaban J connectivity index is 1.95. The van der Waals surface area contributed by atoms with Crippen LogP contribution in [0.3, 0.4) is 0 Å². The van der Waals surface area contributed by atoms with Crippen molar-refractivity contribution in [2.75, 3.05) is 14.2 Å². The summed E-state index contributed by atoms with van der Waals surface area (Å²) in [6.45, 7) is 0. The molecule has 0 radical (unpaired) electrons. The first-order chi connectivity index (χ1) is 13.8. The molecule has 0 heterocycles. The van der Waals surface area contributed by atoms with Crippen LogP contribution in [0.15, 0.2) is 35.4 Å². The molecule has 5 nitrogen and oxygen atoms in total. The standard InChI is InChI=1S/C22H20Cl2O5/c1-28-18-10-12(8-16(23)21(18)26)6-14-4-3-5-15(20(14)25)7-13-9-17(24)22(27)19(11-13)29-2/h6-11,26-27H,3-5H2,1-2H3/b14-6+,15-7+. The lowest BCUT2D eigenvalue weighted by Crippen LogP contribution is -2.12. The summed E-state index contributed by atoms with van der Waals surface area (Å²) in [5.74, 6) is 0.154. The third-order valence-electron chi connectivity index (χ3n) is 4.70. The summed E-state index contributed by atoms with van der Waals surface area (Å²) in [6, 6.07) is 6.43. The normalized spacial score (nSPS) is 17.0. The molecule has 2 aromatic rings. The van der Waals surface area contributed by atoms with Gasteiger partial charge >= 0.3 is 0 Å². The van der Waals surface area contributed by atoms with Gasteiger partial charge in [-0.2, -0.15) is 0 Å². The van der Waals surface area contributed by atoms with Crippen molar-refractivity contribution in [1.82, 2.24) is 0 Å². The smallest absolute Gasteiger partial charge is 0.185 e. The second-order valence-corrected chi connectivity index (χ2v) is 7.44. The van der Waals surface area contributed by atoms with Gasteiger partial charge < -0.3 is 19.7 Å². The zero-order chi connectivity index (χ0) is 21.1. The first kappa shape index (κ1) is 21.1. The fourth-order valence-corrected chi connectivity index (χ4v) is 3.68. The molecule has 2 N–H and O–H groups in total. The van der Waals surface area contributed by atoms with E-state index in [1.807, 2.05) is 0 Å². The number of benzene rings is 2. The highest BCUT2D eigenvalue weighted by atomic mass is 35.5. The Morgan fingerprint density at radius 2 is 1.24 bits per heavy atom. The number of rotatable bonds is 4. The van der Waals surface area contributed by atoms with Crippen LogP contribution in [-0.4, -0.2) is 30.2 Å². The minimum atomic E-state index is -0.134. The van der Waals surface area contributed by atoms with Gasteiger partial charge in [0.15, 0.2) is 28.8 Å². The Hall–Kier alpha value is -2.63. The Kier molecular flexibility index (Phi) is 6.40. The van der Waals surface area contributed by atoms with Crippen LogP contribution in [0, 0.1) is 0 Å². The lowest BCUT2D eigenvalue weighted by molar-refractivity contribution is -0.112. The first-order valence-electron chi connectivity index (χ1n) is 8.93. The van der Waals surface area contributed by atoms with Crippen LogP contribution in [0.5, 0.6) is 23.0 Å². The molecule has 0 atom stereocenters. The minimum absolute atomic E-state index is 0.0671. The molecule has 0 amide bonds. The van der Waals surface area contributed by atoms with Crippen LogP contribution >= 0.6 is 23.2 Å². The maximum atomic E-state index is 13.0. The predicted molar refractivity (Wildman–Crippen MR) is 114 cm³/mol. The van der Waals surface area contributed by atoms with Gasteiger partial charge in [0, 0.05) is 11.1 Å². The number of ketones is 1. The van der Waals surface area contributed by atoms with Gasteiger partial charge in [0.1, 0.15) is 0 Å². The van der Waals surface area contributed by atoms with E-state index in [9.17, 15) is 15.0 Å². The Bertz CT molecular complexity index is 945. The lowest BCUT2D eigenvalue weighted by Gasteiger charge is -2.17. The second kappa shape index (κ2) is 8.80. The average Bonchev–Trinajstić information content (AvgIpc) is 2.70. The van der Waals surface area contributed by atoms with E-state index in [4.69, 9.17) is 32.7 Å². The van der Waals surface area contributed by atoms with Gasteiger partial charge in [-0.05, 0) is 66.8 Å². The number of halogens is 2. The third kappa shape index (κ3) is 4.52. The molecule has 0 aromatic heterocycles. The van der Waals surface area contributed by atoms with Crippen molar-refractivity contribution in [1.29, 1.82) is 0 Å². The van der Waals surface area contributed by atoms with Gasteiger partial charge in [-0.1, -0.05) is 23.2 Å². The zero-order valence-corrected chi connectivity index (χ0v) is 17.5. The van der Waals surface area contributed by atoms with E-state index in [-0.39, 0.29) is 38.8 Å². The van der Waals surface area contributed by atoms with Crippen LogP contribution < -0.4 is 9.47 Å². The molecule has 1 fully saturated rings. The number of aromatic hydroxyl groups is 2. The molecule has 7 heteroatoms. The number of methoxy groups -OCH3 is 2. The Morgan fingerprint density at radius 3 is 1.62 bits per heavy atom. The molecule has 1 aliphatic rings. The number of carbonyl (C=O) groups excluding carboxylic acids is 1. The highest BCUT2D eigenvalue weighted by molar-refractivity contribution is 6.32. The molecule has 0 aliphatic heterocycles. The molecule has 0 unspecified atom stereocenters. The molecule has 3 rings (SSSR count). The Labute approximate surface area is 178 Å². The number of allylic oxidation sites excluding steroid dienone is 2. The number of phenols is 2. The van der Waals surface area contributed by atoms with Crippen molar-refractivity contribution in [3.05, 3.63) is 56.6 Å². The van der Waals surface area contributed by atoms with Crippen molar-refractivity contribution >= 4 is 41.1 Å². The van der Waals surface area contributed by atoms with Crippen LogP contribution in [0.25, 0.3) is 12.2 Å². The number of ether oxygens (including phenoxy) is 2. The average molecular weight is 435 g/mol. The second-order valence-electron chi connectivity index (χ2n) is 6.63. The molecular weight excluding hydrogens is 415 g/mol.